The minimum absolute atomic E-state index is 0. The third-order valence-corrected chi connectivity index (χ3v) is 0.354. The molecule has 0 aromatic rings. The van der Waals surface area contributed by atoms with Crippen molar-refractivity contribution in [1.82, 2.24) is 0 Å². The predicted molar refractivity (Wildman–Crippen MR) is 38.0 cm³/mol. The van der Waals surface area contributed by atoms with Gasteiger partial charge in [-0.05, 0) is 0 Å². The van der Waals surface area contributed by atoms with E-state index in [1.165, 1.54) is 6.42 Å². The van der Waals surface area contributed by atoms with Crippen molar-refractivity contribution in [1.29, 1.82) is 0 Å². The molecule has 0 amide bonds. The largest absolute Gasteiger partial charge is 0.365 e. The Morgan fingerprint density at radius 1 is 1.56 bits per heavy atom. The van der Waals surface area contributed by atoms with Crippen molar-refractivity contribution in [3.05, 3.63) is 6.92 Å². The molecule has 0 aromatic carbocycles. The Labute approximate surface area is 81.6 Å². The molecule has 0 rings (SSSR count). The molecule has 0 unspecified atom stereocenters. The molecule has 0 saturated carbocycles. The van der Waals surface area contributed by atoms with Crippen molar-refractivity contribution >= 4 is 23.2 Å². The molecule has 0 heterocycles. The van der Waals surface area contributed by atoms with Gasteiger partial charge in [-0.3, -0.25) is 0 Å². The van der Waals surface area contributed by atoms with Gasteiger partial charge in [0.1, 0.15) is 0 Å². The molecule has 1 N–H and O–H groups in total. The molecule has 0 spiro atoms. The Morgan fingerprint density at radius 3 is 1.67 bits per heavy atom. The second-order valence-corrected chi connectivity index (χ2v) is 2.18. The topological polar surface area (TPSA) is 20.2 Å². The first kappa shape index (κ1) is 16.7. The molecule has 0 aliphatic heterocycles. The zero-order valence-electron chi connectivity index (χ0n) is 5.40. The third kappa shape index (κ3) is 95.8. The van der Waals surface area contributed by atoms with Gasteiger partial charge in [-0.15, -0.1) is 0 Å². The van der Waals surface area contributed by atoms with E-state index in [0.29, 0.717) is 0 Å². The van der Waals surface area contributed by atoms with Crippen molar-refractivity contribution < 1.29 is 26.8 Å². The Kier molecular flexibility index (Phi) is 29.9. The van der Waals surface area contributed by atoms with Crippen LogP contribution in [0.15, 0.2) is 0 Å². The summed E-state index contributed by atoms with van der Waals surface area (Å²) < 4.78 is 0. The minimum atomic E-state index is -1.22. The third-order valence-electron chi connectivity index (χ3n) is 0.354. The van der Waals surface area contributed by atoms with E-state index in [1.807, 2.05) is 0 Å². The van der Waals surface area contributed by atoms with Crippen LogP contribution in [0.4, 0.5) is 0 Å². The molecule has 0 aromatic heterocycles. The number of rotatable bonds is 1. The standard InChI is InChI=1S/C4H9.CH2Cl2O.Ti/c1-3-4-2;2-1(3)4;/h1,3-4H2,2H3;1,4H;/q-1;;. The number of aliphatic hydroxyl groups excluding tert-OH is 1. The molecular formula is C5H11Cl2OTi-. The van der Waals surface area contributed by atoms with Gasteiger partial charge in [0.2, 0.25) is 5.02 Å². The van der Waals surface area contributed by atoms with Crippen LogP contribution in [-0.4, -0.2) is 10.1 Å². The van der Waals surface area contributed by atoms with E-state index in [9.17, 15) is 0 Å². The van der Waals surface area contributed by atoms with Crippen LogP contribution in [0.5, 0.6) is 0 Å². The SMILES string of the molecule is OC(Cl)Cl.[CH2-]CCC.[Ti]. The first-order chi connectivity index (χ1) is 3.65. The van der Waals surface area contributed by atoms with Gasteiger partial charge in [-0.2, -0.15) is 6.42 Å². The van der Waals surface area contributed by atoms with E-state index in [4.69, 9.17) is 5.11 Å². The van der Waals surface area contributed by atoms with Crippen molar-refractivity contribution in [2.45, 2.75) is 24.8 Å². The van der Waals surface area contributed by atoms with Crippen molar-refractivity contribution in [3.63, 3.8) is 0 Å². The van der Waals surface area contributed by atoms with Gasteiger partial charge < -0.3 is 12.0 Å². The summed E-state index contributed by atoms with van der Waals surface area (Å²) >= 11 is 9.19. The zero-order valence-corrected chi connectivity index (χ0v) is 8.48. The Morgan fingerprint density at radius 2 is 1.67 bits per heavy atom. The smallest absolute Gasteiger partial charge is 0.204 e. The zero-order chi connectivity index (χ0) is 6.99. The minimum Gasteiger partial charge on any atom is -0.365 e. The monoisotopic (exact) mass is 205 g/mol. The molecule has 0 aliphatic rings. The maximum atomic E-state index is 7.59. The van der Waals surface area contributed by atoms with Crippen LogP contribution in [-0.2, 0) is 21.7 Å². The molecule has 0 bridgehead atoms. The average Bonchev–Trinajstić information content (AvgIpc) is 1.65. The van der Waals surface area contributed by atoms with E-state index >= 15 is 0 Å². The Bertz CT molecular complexity index is 31.4. The second-order valence-electron chi connectivity index (χ2n) is 1.13. The molecule has 0 aliphatic carbocycles. The van der Waals surface area contributed by atoms with Gasteiger partial charge in [-0.25, -0.2) is 0 Å². The fourth-order valence-corrected chi connectivity index (χ4v) is 0. The maximum Gasteiger partial charge on any atom is 0.204 e. The van der Waals surface area contributed by atoms with Crippen LogP contribution >= 0.6 is 23.2 Å². The van der Waals surface area contributed by atoms with Crippen molar-refractivity contribution in [2.75, 3.05) is 0 Å². The summed E-state index contributed by atoms with van der Waals surface area (Å²) in [5.74, 6) is 0. The molecule has 4 heteroatoms. The van der Waals surface area contributed by atoms with Crippen LogP contribution in [0.2, 0.25) is 0 Å². The first-order valence-electron chi connectivity index (χ1n) is 2.40. The molecule has 9 heavy (non-hydrogen) atoms. The fourth-order valence-electron chi connectivity index (χ4n) is 0. The fraction of sp³-hybridized carbons (Fsp3) is 0.800. The Balaban J connectivity index is -0.0000000720. The molecular weight excluding hydrogens is 195 g/mol. The van der Waals surface area contributed by atoms with Gasteiger partial charge in [0.15, 0.2) is 0 Å². The van der Waals surface area contributed by atoms with Crippen LogP contribution in [0.25, 0.3) is 0 Å². The van der Waals surface area contributed by atoms with Crippen LogP contribution in [0.3, 0.4) is 0 Å². The summed E-state index contributed by atoms with van der Waals surface area (Å²) in [6.45, 7) is 5.72. The van der Waals surface area contributed by atoms with Crippen LogP contribution in [0.1, 0.15) is 19.8 Å². The normalized spacial score (nSPS) is 7.33. The Hall–Kier alpha value is 1.25. The van der Waals surface area contributed by atoms with Gasteiger partial charge in [0.05, 0.1) is 0 Å². The van der Waals surface area contributed by atoms with Gasteiger partial charge >= 0.3 is 0 Å². The van der Waals surface area contributed by atoms with Crippen molar-refractivity contribution in [2.24, 2.45) is 0 Å². The average molecular weight is 206 g/mol. The number of hydrogen-bond donors (Lipinski definition) is 1. The first-order valence-corrected chi connectivity index (χ1v) is 3.27. The summed E-state index contributed by atoms with van der Waals surface area (Å²) in [5, 5.41) is 6.36. The molecule has 0 atom stereocenters. The molecule has 56 valence electrons. The number of unbranched alkanes of at least 4 members (excludes halogenated alkanes) is 1. The molecule has 0 fully saturated rings. The van der Waals surface area contributed by atoms with E-state index < -0.39 is 5.02 Å². The van der Waals surface area contributed by atoms with Crippen molar-refractivity contribution in [3.8, 4) is 0 Å². The predicted octanol–water partition coefficient (Wildman–Crippen LogP) is 2.36. The summed E-state index contributed by atoms with van der Waals surface area (Å²) in [4.78, 5) is 0. The number of alkyl halides is 2. The number of aliphatic hydroxyl groups is 1. The van der Waals surface area contributed by atoms with E-state index in [1.54, 1.807) is 0 Å². The summed E-state index contributed by atoms with van der Waals surface area (Å²) in [7, 11) is 0. The van der Waals surface area contributed by atoms with E-state index in [0.717, 1.165) is 6.42 Å². The molecule has 0 radical (unpaired) electrons. The summed E-state index contributed by atoms with van der Waals surface area (Å²) in [6.07, 6.45) is 2.28. The van der Waals surface area contributed by atoms with Gasteiger partial charge in [-0.1, -0.05) is 36.5 Å². The van der Waals surface area contributed by atoms with Gasteiger partial charge in [0.25, 0.3) is 0 Å². The summed E-state index contributed by atoms with van der Waals surface area (Å²) in [5.41, 5.74) is 0. The second kappa shape index (κ2) is 16.1. The number of halogens is 2. The maximum absolute atomic E-state index is 7.59. The van der Waals surface area contributed by atoms with E-state index in [2.05, 4.69) is 37.0 Å². The summed E-state index contributed by atoms with van der Waals surface area (Å²) in [6, 6.07) is 0. The quantitative estimate of drug-likeness (QED) is 0.396. The van der Waals surface area contributed by atoms with E-state index in [-0.39, 0.29) is 21.7 Å². The molecule has 0 saturated heterocycles. The van der Waals surface area contributed by atoms with Crippen LogP contribution in [0, 0.1) is 6.92 Å². The molecule has 1 nitrogen and oxygen atoms in total. The van der Waals surface area contributed by atoms with Crippen LogP contribution < -0.4 is 0 Å². The van der Waals surface area contributed by atoms with Gasteiger partial charge in [0, 0.05) is 21.7 Å². The number of hydrogen-bond acceptors (Lipinski definition) is 1.